The lowest BCUT2D eigenvalue weighted by atomic mass is 10.1. The van der Waals surface area contributed by atoms with E-state index in [4.69, 9.17) is 5.11 Å². The molecule has 0 amide bonds. The summed E-state index contributed by atoms with van der Waals surface area (Å²) in [6, 6.07) is 0. The van der Waals surface area contributed by atoms with E-state index in [-0.39, 0.29) is 27.0 Å². The van der Waals surface area contributed by atoms with E-state index in [2.05, 4.69) is 0 Å². The molecule has 0 aliphatic rings. The van der Waals surface area contributed by atoms with Crippen molar-refractivity contribution in [2.24, 2.45) is 0 Å². The van der Waals surface area contributed by atoms with E-state index in [1.165, 1.54) is 0 Å². The maximum Gasteiger partial charge on any atom is 0.163 e. The summed E-state index contributed by atoms with van der Waals surface area (Å²) in [5, 5.41) is 8.49. The zero-order chi connectivity index (χ0) is 9.94. The van der Waals surface area contributed by atoms with Crippen LogP contribution >= 0.6 is 8.46 Å². The smallest absolute Gasteiger partial charge is 0.163 e. The molecule has 4 heteroatoms. The van der Waals surface area contributed by atoms with Crippen molar-refractivity contribution in [2.45, 2.75) is 38.5 Å². The van der Waals surface area contributed by atoms with E-state index in [9.17, 15) is 9.36 Å². The van der Waals surface area contributed by atoms with Crippen molar-refractivity contribution in [2.75, 3.05) is 12.8 Å². The summed E-state index contributed by atoms with van der Waals surface area (Å²) in [7, 11) is -0.0666. The van der Waals surface area contributed by atoms with Crippen molar-refractivity contribution < 1.29 is 14.5 Å². The van der Waals surface area contributed by atoms with Gasteiger partial charge in [0, 0.05) is 13.0 Å². The van der Waals surface area contributed by atoms with E-state index >= 15 is 0 Å². The van der Waals surface area contributed by atoms with Gasteiger partial charge in [-0.15, -0.1) is 0 Å². The Morgan fingerprint density at radius 2 is 1.69 bits per heavy atom. The fraction of sp³-hybridized carbons (Fsp3) is 0.889. The Morgan fingerprint density at radius 1 is 1.08 bits per heavy atom. The van der Waals surface area contributed by atoms with Crippen LogP contribution in [0, 0.1) is 0 Å². The predicted octanol–water partition coefficient (Wildman–Crippen LogP) is 2.18. The lowest BCUT2D eigenvalue weighted by molar-refractivity contribution is -0.116. The average molecular weight is 204 g/mol. The molecule has 0 aliphatic carbocycles. The maximum absolute atomic E-state index is 10.9. The minimum Gasteiger partial charge on any atom is -0.396 e. The number of hydrogen-bond donors (Lipinski definition) is 1. The van der Waals surface area contributed by atoms with Gasteiger partial charge in [0.2, 0.25) is 0 Å². The van der Waals surface area contributed by atoms with Gasteiger partial charge < -0.3 is 5.11 Å². The number of hydrogen-bond acceptors (Lipinski definition) is 3. The fourth-order valence-electron chi connectivity index (χ4n) is 1.12. The molecule has 0 fully saturated rings. The highest BCUT2D eigenvalue weighted by atomic mass is 31.1. The molecule has 0 atom stereocenters. The predicted molar refractivity (Wildman–Crippen MR) is 52.3 cm³/mol. The highest BCUT2D eigenvalue weighted by Crippen LogP contribution is 2.06. The number of aliphatic hydroxyl groups is 1. The van der Waals surface area contributed by atoms with Crippen LogP contribution < -0.4 is 0 Å². The second-order valence-corrected chi connectivity index (χ2v) is 3.64. The van der Waals surface area contributed by atoms with Crippen LogP contribution in [0.1, 0.15) is 38.5 Å². The van der Waals surface area contributed by atoms with E-state index in [0.717, 1.165) is 32.1 Å². The normalized spacial score (nSPS) is 10.5. The summed E-state index contributed by atoms with van der Waals surface area (Å²) in [6.07, 6.45) is 5.59. The molecule has 0 radical (unpaired) electrons. The molecule has 0 aromatic rings. The molecule has 0 saturated heterocycles. The summed E-state index contributed by atoms with van der Waals surface area (Å²) in [4.78, 5) is 10.9. The van der Waals surface area contributed by atoms with Gasteiger partial charge >= 0.3 is 0 Å². The second-order valence-electron chi connectivity index (χ2n) is 3.07. The number of carbonyl (C=O) groups is 1. The van der Waals surface area contributed by atoms with Crippen molar-refractivity contribution in [3.63, 3.8) is 0 Å². The molecule has 0 aromatic heterocycles. The molecular weight excluding hydrogens is 187 g/mol. The third-order valence-corrected chi connectivity index (χ3v) is 2.34. The molecule has 0 spiro atoms. The highest BCUT2D eigenvalue weighted by Gasteiger charge is 2.00. The largest absolute Gasteiger partial charge is 0.396 e. The van der Waals surface area contributed by atoms with Crippen LogP contribution in [0.5, 0.6) is 0 Å². The number of Topliss-reactive ketones (excluding diaryl/α,β-unsaturated/α-hetero) is 1. The minimum atomic E-state index is -0.0666. The zero-order valence-corrected chi connectivity index (χ0v) is 8.76. The molecular formula is C9H17O3P. The van der Waals surface area contributed by atoms with Gasteiger partial charge in [-0.1, -0.05) is 19.3 Å². The molecule has 76 valence electrons. The van der Waals surface area contributed by atoms with Crippen LogP contribution in [-0.2, 0) is 9.36 Å². The summed E-state index contributed by atoms with van der Waals surface area (Å²) in [6.45, 7) is 0.258. The molecule has 0 heterocycles. The van der Waals surface area contributed by atoms with Crippen LogP contribution in [0.25, 0.3) is 0 Å². The Kier molecular flexibility index (Phi) is 9.61. The van der Waals surface area contributed by atoms with Crippen LogP contribution in [0.15, 0.2) is 0 Å². The lowest BCUT2D eigenvalue weighted by Gasteiger charge is -1.98. The van der Waals surface area contributed by atoms with Gasteiger partial charge in [-0.05, 0) is 12.8 Å². The first kappa shape index (κ1) is 12.7. The van der Waals surface area contributed by atoms with Gasteiger partial charge in [-0.25, -0.2) is 0 Å². The van der Waals surface area contributed by atoms with Gasteiger partial charge in [0.1, 0.15) is 5.78 Å². The SMILES string of the molecule is O=PCC(=O)CCCCCCCO. The Morgan fingerprint density at radius 3 is 2.31 bits per heavy atom. The maximum atomic E-state index is 10.9. The van der Waals surface area contributed by atoms with Crippen LogP contribution in [-0.4, -0.2) is 23.7 Å². The third kappa shape index (κ3) is 9.65. The summed E-state index contributed by atoms with van der Waals surface area (Å²) in [5.74, 6) is 0.0822. The second kappa shape index (κ2) is 9.82. The quantitative estimate of drug-likeness (QED) is 0.462. The van der Waals surface area contributed by atoms with Crippen LogP contribution in [0.2, 0.25) is 0 Å². The summed E-state index contributed by atoms with van der Waals surface area (Å²) < 4.78 is 10.0. The van der Waals surface area contributed by atoms with Crippen LogP contribution in [0.4, 0.5) is 0 Å². The number of aliphatic hydroxyl groups excluding tert-OH is 1. The van der Waals surface area contributed by atoms with E-state index in [0.29, 0.717) is 6.42 Å². The molecule has 1 N–H and O–H groups in total. The van der Waals surface area contributed by atoms with Gasteiger partial charge in [0.05, 0.1) is 6.16 Å². The number of rotatable bonds is 9. The van der Waals surface area contributed by atoms with Gasteiger partial charge in [0.25, 0.3) is 0 Å². The number of ketones is 1. The first-order valence-corrected chi connectivity index (χ1v) is 5.72. The van der Waals surface area contributed by atoms with E-state index in [1.54, 1.807) is 0 Å². The third-order valence-electron chi connectivity index (χ3n) is 1.85. The molecule has 0 saturated carbocycles. The van der Waals surface area contributed by atoms with E-state index in [1.807, 2.05) is 0 Å². The van der Waals surface area contributed by atoms with E-state index < -0.39 is 0 Å². The Bertz CT molecular complexity index is 148. The first-order valence-electron chi connectivity index (χ1n) is 4.73. The van der Waals surface area contributed by atoms with Gasteiger partial charge in [-0.2, -0.15) is 0 Å². The Labute approximate surface area is 80.7 Å². The summed E-state index contributed by atoms with van der Waals surface area (Å²) in [5.41, 5.74) is 0. The Balaban J connectivity index is 3.06. The zero-order valence-electron chi connectivity index (χ0n) is 7.87. The molecule has 13 heavy (non-hydrogen) atoms. The summed E-state index contributed by atoms with van der Waals surface area (Å²) >= 11 is 0. The molecule has 3 nitrogen and oxygen atoms in total. The van der Waals surface area contributed by atoms with Crippen molar-refractivity contribution in [1.82, 2.24) is 0 Å². The van der Waals surface area contributed by atoms with Crippen molar-refractivity contribution >= 4 is 14.2 Å². The molecule has 0 aromatic carbocycles. The average Bonchev–Trinajstić information content (AvgIpc) is 2.11. The van der Waals surface area contributed by atoms with Gasteiger partial charge in [0.15, 0.2) is 8.46 Å². The van der Waals surface area contributed by atoms with Crippen molar-refractivity contribution in [3.8, 4) is 0 Å². The topological polar surface area (TPSA) is 54.4 Å². The first-order chi connectivity index (χ1) is 6.31. The molecule has 0 unspecified atom stereocenters. The monoisotopic (exact) mass is 204 g/mol. The fourth-order valence-corrected chi connectivity index (χ4v) is 1.42. The lowest BCUT2D eigenvalue weighted by Crippen LogP contribution is -1.98. The van der Waals surface area contributed by atoms with Gasteiger partial charge in [-0.3, -0.25) is 9.36 Å². The highest BCUT2D eigenvalue weighted by molar-refractivity contribution is 7.25. The van der Waals surface area contributed by atoms with Crippen molar-refractivity contribution in [1.29, 1.82) is 0 Å². The molecule has 0 bridgehead atoms. The van der Waals surface area contributed by atoms with Crippen LogP contribution in [0.3, 0.4) is 0 Å². The standard InChI is InChI=1S/C9H17O3P/c10-7-5-3-1-2-4-6-9(11)8-13-12/h10H,1-8H2. The Hall–Kier alpha value is -0.270. The molecule has 0 rings (SSSR count). The number of carbonyl (C=O) groups excluding carboxylic acids is 1. The minimum absolute atomic E-state index is 0.0666. The number of unbranched alkanes of at least 4 members (excludes halogenated alkanes) is 4. The molecule has 0 aliphatic heterocycles. The van der Waals surface area contributed by atoms with Crippen molar-refractivity contribution in [3.05, 3.63) is 0 Å².